The van der Waals surface area contributed by atoms with E-state index in [0.717, 1.165) is 79.2 Å². The molecule has 12 nitrogen and oxygen atoms in total. The van der Waals surface area contributed by atoms with Crippen LogP contribution >= 0.6 is 0 Å². The summed E-state index contributed by atoms with van der Waals surface area (Å²) < 4.78 is 4.96. The molecule has 3 aromatic carbocycles. The maximum absolute atomic E-state index is 14.0. The third-order valence-electron chi connectivity index (χ3n) is 13.7. The topological polar surface area (TPSA) is 131 Å². The number of likely N-dealkylation sites (N-methyl/N-ethyl adjacent to an activating group) is 1. The molecule has 3 saturated heterocycles. The number of amides is 3. The summed E-state index contributed by atoms with van der Waals surface area (Å²) in [6.45, 7) is 16.1. The van der Waals surface area contributed by atoms with E-state index < -0.39 is 12.1 Å². The third-order valence-corrected chi connectivity index (χ3v) is 13.7. The van der Waals surface area contributed by atoms with Gasteiger partial charge in [-0.3, -0.25) is 14.5 Å². The molecule has 0 aliphatic carbocycles. The summed E-state index contributed by atoms with van der Waals surface area (Å²) in [6, 6.07) is 26.3. The number of nitrogens with zero attached hydrogens (tertiary/aromatic N) is 6. The van der Waals surface area contributed by atoms with E-state index in [1.807, 2.05) is 49.9 Å². The van der Waals surface area contributed by atoms with Crippen molar-refractivity contribution in [3.05, 3.63) is 120 Å². The smallest absolute Gasteiger partial charge is 0.409 e. The van der Waals surface area contributed by atoms with E-state index >= 15 is 0 Å². The van der Waals surface area contributed by atoms with Crippen LogP contribution in [0.2, 0.25) is 0 Å². The lowest BCUT2D eigenvalue weighted by Gasteiger charge is -2.34. The van der Waals surface area contributed by atoms with Crippen LogP contribution < -0.4 is 4.90 Å². The van der Waals surface area contributed by atoms with Crippen molar-refractivity contribution in [1.29, 1.82) is 0 Å². The molecule has 2 aromatic heterocycles. The number of hydrogen-bond acceptors (Lipinski definition) is 7. The monoisotopic (exact) mass is 880 g/mol. The van der Waals surface area contributed by atoms with Gasteiger partial charge in [0.25, 0.3) is 0 Å². The highest BCUT2D eigenvalue weighted by Crippen LogP contribution is 2.48. The number of carbonyl (C=O) groups is 3. The molecule has 0 spiro atoms. The second kappa shape index (κ2) is 18.9. The van der Waals surface area contributed by atoms with Gasteiger partial charge in [-0.2, -0.15) is 0 Å². The number of hydrogen-bond donors (Lipinski definition) is 2. The molecular weight excluding hydrogens is 813 g/mol. The van der Waals surface area contributed by atoms with Gasteiger partial charge in [0, 0.05) is 49.3 Å². The van der Waals surface area contributed by atoms with Crippen molar-refractivity contribution < 1.29 is 19.1 Å². The van der Waals surface area contributed by atoms with E-state index in [4.69, 9.17) is 14.7 Å². The Morgan fingerprint density at radius 3 is 1.66 bits per heavy atom. The standard InChI is InChI=1S/C53H67N8O4/c1-33(2)30-47(62)59-28-10-12-45(59)49-54-31-41(56-49)35-14-18-37(19-15-35)43-26-27-44(61(43)40-24-22-39(23-25-40)53(5,6)7)38-20-16-36(17-21-38)42-32-55-50(57-42)46-13-11-29-60(46)51(63)48(34(3)4)58(8)52(64)65-9/h14-25,30-34,43-46,48H,10-13,26-29H2,1-9H3,(H,54,56)(H,55,57)/t43-,44-,45+,46+,48+/m1/s1. The minimum atomic E-state index is -0.632. The second-order valence-corrected chi connectivity index (χ2v) is 20.0. The number of carbonyl (C=O) groups excluding carboxylic acids is 3. The van der Waals surface area contributed by atoms with Crippen molar-refractivity contribution in [1.82, 2.24) is 34.6 Å². The Hall–Kier alpha value is -5.91. The van der Waals surface area contributed by atoms with E-state index in [2.05, 4.69) is 108 Å². The van der Waals surface area contributed by atoms with Crippen LogP contribution in [0, 0.1) is 18.3 Å². The summed E-state index contributed by atoms with van der Waals surface area (Å²) >= 11 is 0. The average Bonchev–Trinajstić information content (AvgIpc) is 4.14. The number of likely N-dealkylation sites (tertiary alicyclic amines) is 2. The zero-order valence-electron chi connectivity index (χ0n) is 39.7. The van der Waals surface area contributed by atoms with E-state index in [-0.39, 0.29) is 53.2 Å². The van der Waals surface area contributed by atoms with Crippen LogP contribution in [0.3, 0.4) is 0 Å². The number of imidazole rings is 2. The predicted octanol–water partition coefficient (Wildman–Crippen LogP) is 10.8. The fourth-order valence-corrected chi connectivity index (χ4v) is 10.4. The van der Waals surface area contributed by atoms with E-state index in [0.29, 0.717) is 6.54 Å². The third kappa shape index (κ3) is 9.45. The van der Waals surface area contributed by atoms with Crippen LogP contribution in [0.15, 0.2) is 85.2 Å². The molecular formula is C53H67N8O4. The van der Waals surface area contributed by atoms with Crippen LogP contribution in [0.25, 0.3) is 22.5 Å². The van der Waals surface area contributed by atoms with Gasteiger partial charge in [0.15, 0.2) is 0 Å². The largest absolute Gasteiger partial charge is 0.453 e. The van der Waals surface area contributed by atoms with Gasteiger partial charge in [-0.05, 0) is 84.6 Å². The van der Waals surface area contributed by atoms with Gasteiger partial charge in [-0.25, -0.2) is 14.8 Å². The molecule has 3 fully saturated rings. The molecule has 0 bridgehead atoms. The second-order valence-electron chi connectivity index (χ2n) is 20.0. The van der Waals surface area contributed by atoms with Crippen LogP contribution in [0.1, 0.15) is 139 Å². The highest BCUT2D eigenvalue weighted by Gasteiger charge is 2.40. The van der Waals surface area contributed by atoms with Gasteiger partial charge in [0.2, 0.25) is 11.8 Å². The fraction of sp³-hybridized carbons (Fsp3) is 0.472. The highest BCUT2D eigenvalue weighted by molar-refractivity contribution is 5.87. The normalized spacial score (nSPS) is 20.6. The Morgan fingerprint density at radius 1 is 0.708 bits per heavy atom. The van der Waals surface area contributed by atoms with Crippen LogP contribution in [0.5, 0.6) is 0 Å². The maximum atomic E-state index is 14.0. The molecule has 3 aliphatic rings. The Labute approximate surface area is 385 Å². The van der Waals surface area contributed by atoms with Gasteiger partial charge in [0.05, 0.1) is 49.1 Å². The first-order valence-corrected chi connectivity index (χ1v) is 23.6. The molecule has 1 radical (unpaired) electrons. The van der Waals surface area contributed by atoms with Gasteiger partial charge in [0.1, 0.15) is 17.7 Å². The summed E-state index contributed by atoms with van der Waals surface area (Å²) in [5.74, 6) is 1.73. The SMILES string of the molecule is COC(=O)N(C)[C@H](C(=O)N1CCC[C@H]1c1nc(-c2ccc([C@H]3CC[C@H](c4ccc(-c5c[nH]c([C@@H]6CCCN6C(=O)[CH]C(C)C)n5)cc4)N3c3ccc(C(C)(C)C)cc3)cc2)c[nH]1)C(C)C. The number of aromatic amines is 2. The molecule has 0 saturated carbocycles. The predicted molar refractivity (Wildman–Crippen MR) is 256 cm³/mol. The highest BCUT2D eigenvalue weighted by atomic mass is 16.5. The molecule has 5 aromatic rings. The van der Waals surface area contributed by atoms with Crippen molar-refractivity contribution in [3.8, 4) is 22.5 Å². The lowest BCUT2D eigenvalue weighted by molar-refractivity contribution is -0.138. The molecule has 2 N–H and O–H groups in total. The molecule has 65 heavy (non-hydrogen) atoms. The summed E-state index contributed by atoms with van der Waals surface area (Å²) in [6.07, 6.45) is 10.7. The number of aromatic nitrogens is 4. The Bertz CT molecular complexity index is 2430. The minimum Gasteiger partial charge on any atom is -0.453 e. The molecule has 8 rings (SSSR count). The average molecular weight is 880 g/mol. The minimum absolute atomic E-state index is 0.0308. The van der Waals surface area contributed by atoms with Gasteiger partial charge < -0.3 is 29.4 Å². The number of H-pyrrole nitrogens is 2. The number of nitrogens with one attached hydrogen (secondary N) is 2. The van der Waals surface area contributed by atoms with Crippen LogP contribution in [-0.4, -0.2) is 85.8 Å². The van der Waals surface area contributed by atoms with Crippen molar-refractivity contribution in [3.63, 3.8) is 0 Å². The Morgan fingerprint density at radius 2 is 1.20 bits per heavy atom. The molecule has 3 aliphatic heterocycles. The fourth-order valence-electron chi connectivity index (χ4n) is 10.4. The first kappa shape index (κ1) is 45.7. The van der Waals surface area contributed by atoms with Crippen LogP contribution in [-0.2, 0) is 19.7 Å². The maximum Gasteiger partial charge on any atom is 0.409 e. The first-order valence-electron chi connectivity index (χ1n) is 23.6. The number of anilines is 1. The zero-order chi connectivity index (χ0) is 46.2. The summed E-state index contributed by atoms with van der Waals surface area (Å²) in [4.78, 5) is 64.1. The molecule has 3 amide bonds. The van der Waals surface area contributed by atoms with Crippen molar-refractivity contribution in [2.45, 2.75) is 123 Å². The number of methoxy groups -OCH3 is 1. The van der Waals surface area contributed by atoms with Crippen molar-refractivity contribution >= 4 is 23.6 Å². The summed E-state index contributed by atoms with van der Waals surface area (Å²) in [5, 5.41) is 0. The van der Waals surface area contributed by atoms with Gasteiger partial charge in [-0.15, -0.1) is 0 Å². The van der Waals surface area contributed by atoms with E-state index in [9.17, 15) is 14.4 Å². The molecule has 5 atom stereocenters. The first-order chi connectivity index (χ1) is 31.1. The molecule has 12 heteroatoms. The molecule has 5 heterocycles. The van der Waals surface area contributed by atoms with Crippen molar-refractivity contribution in [2.75, 3.05) is 32.1 Å². The number of benzene rings is 3. The molecule has 0 unspecified atom stereocenters. The van der Waals surface area contributed by atoms with Crippen molar-refractivity contribution in [2.24, 2.45) is 11.8 Å². The van der Waals surface area contributed by atoms with E-state index in [1.165, 1.54) is 34.4 Å². The van der Waals surface area contributed by atoms with E-state index in [1.54, 1.807) is 13.5 Å². The summed E-state index contributed by atoms with van der Waals surface area (Å²) in [7, 11) is 2.96. The van der Waals surface area contributed by atoms with Crippen LogP contribution in [0.4, 0.5) is 10.5 Å². The molecule has 343 valence electrons. The van der Waals surface area contributed by atoms with Gasteiger partial charge in [-0.1, -0.05) is 109 Å². The lowest BCUT2D eigenvalue weighted by Crippen LogP contribution is -2.51. The number of rotatable bonds is 12. The Balaban J connectivity index is 1.01. The zero-order valence-corrected chi connectivity index (χ0v) is 39.7. The number of ether oxygens (including phenoxy) is 1. The summed E-state index contributed by atoms with van der Waals surface area (Å²) in [5.41, 5.74) is 8.84. The van der Waals surface area contributed by atoms with Gasteiger partial charge >= 0.3 is 6.09 Å². The Kier molecular flexibility index (Phi) is 13.3. The quantitative estimate of drug-likeness (QED) is 0.128. The lowest BCUT2D eigenvalue weighted by atomic mass is 9.87.